The first kappa shape index (κ1) is 29.9. The Morgan fingerprint density at radius 3 is 2.43 bits per heavy atom. The number of piperidine rings is 1. The molecule has 12 heteroatoms. The van der Waals surface area contributed by atoms with Crippen LogP contribution >= 0.6 is 0 Å². The number of anilines is 2. The monoisotopic (exact) mass is 637 g/mol. The summed E-state index contributed by atoms with van der Waals surface area (Å²) in [5.41, 5.74) is 5.48. The fourth-order valence-corrected chi connectivity index (χ4v) is 9.12. The van der Waals surface area contributed by atoms with Crippen molar-refractivity contribution in [1.29, 1.82) is 0 Å². The Kier molecular flexibility index (Phi) is 6.87. The number of aromatic nitrogens is 5. The molecule has 0 saturated carbocycles. The molecule has 12 nitrogen and oxygen atoms in total. The number of hydrogen-bond acceptors (Lipinski definition) is 9. The van der Waals surface area contributed by atoms with E-state index in [1.165, 1.54) is 5.56 Å². The fraction of sp³-hybridized carbons (Fsp3) is 0.514. The minimum Gasteiger partial charge on any atom is -0.507 e. The number of aromatic amines is 1. The molecule has 4 aliphatic rings. The maximum atomic E-state index is 11.8. The molecule has 0 unspecified atom stereocenters. The molecule has 3 saturated heterocycles. The van der Waals surface area contributed by atoms with Gasteiger partial charge in [-0.2, -0.15) is 0 Å². The first-order valence-electron chi connectivity index (χ1n) is 16.8. The number of nitrogens with one attached hydrogen (secondary N) is 1. The van der Waals surface area contributed by atoms with Crippen LogP contribution in [0.4, 0.5) is 16.4 Å². The van der Waals surface area contributed by atoms with Crippen LogP contribution in [0, 0.1) is 10.8 Å². The van der Waals surface area contributed by atoms with Crippen molar-refractivity contribution in [2.75, 3.05) is 49.1 Å². The van der Waals surface area contributed by atoms with Crippen LogP contribution in [0.15, 0.2) is 42.7 Å². The van der Waals surface area contributed by atoms with Gasteiger partial charge in [0.1, 0.15) is 5.75 Å². The van der Waals surface area contributed by atoms with Crippen molar-refractivity contribution in [1.82, 2.24) is 34.9 Å². The molecule has 0 bridgehead atoms. The lowest BCUT2D eigenvalue weighted by molar-refractivity contribution is -0.193. The third-order valence-electron chi connectivity index (χ3n) is 11.1. The normalized spacial score (nSPS) is 23.1. The molecule has 0 aliphatic carbocycles. The zero-order chi connectivity index (χ0) is 32.7. The van der Waals surface area contributed by atoms with Gasteiger partial charge in [0.15, 0.2) is 5.65 Å². The highest BCUT2D eigenvalue weighted by molar-refractivity contribution is 5.86. The highest BCUT2D eigenvalue weighted by Gasteiger charge is 2.64. The Morgan fingerprint density at radius 1 is 1.02 bits per heavy atom. The number of hydrogen-bond donors (Lipinski definition) is 3. The molecule has 4 aliphatic heterocycles. The van der Waals surface area contributed by atoms with Crippen molar-refractivity contribution in [3.8, 4) is 17.0 Å². The van der Waals surface area contributed by atoms with E-state index in [1.807, 2.05) is 30.6 Å². The van der Waals surface area contributed by atoms with Crippen molar-refractivity contribution >= 4 is 28.8 Å². The van der Waals surface area contributed by atoms with Crippen LogP contribution in [0.25, 0.3) is 22.3 Å². The lowest BCUT2D eigenvalue weighted by Gasteiger charge is -2.69. The first-order valence-corrected chi connectivity index (χ1v) is 16.8. The third-order valence-corrected chi connectivity index (χ3v) is 11.1. The molecule has 3 aromatic heterocycles. The predicted molar refractivity (Wildman–Crippen MR) is 180 cm³/mol. The molecule has 4 aromatic rings. The summed E-state index contributed by atoms with van der Waals surface area (Å²) in [4.78, 5) is 33.8. The van der Waals surface area contributed by atoms with E-state index in [2.05, 4.69) is 57.6 Å². The summed E-state index contributed by atoms with van der Waals surface area (Å²) in [5, 5.41) is 29.9. The lowest BCUT2D eigenvalue weighted by atomic mass is 9.57. The number of amides is 1. The van der Waals surface area contributed by atoms with Gasteiger partial charge < -0.3 is 29.9 Å². The molecule has 47 heavy (non-hydrogen) atoms. The Morgan fingerprint density at radius 2 is 1.74 bits per heavy atom. The average Bonchev–Trinajstić information content (AvgIpc) is 3.39. The van der Waals surface area contributed by atoms with Crippen molar-refractivity contribution in [2.24, 2.45) is 10.8 Å². The van der Waals surface area contributed by atoms with Gasteiger partial charge in [-0.3, -0.25) is 4.90 Å². The Hall–Kier alpha value is -4.45. The topological polar surface area (TPSA) is 138 Å². The smallest absolute Gasteiger partial charge is 0.407 e. The Labute approximate surface area is 274 Å². The largest absolute Gasteiger partial charge is 0.507 e. The number of phenols is 1. The minimum atomic E-state index is -0.790. The van der Waals surface area contributed by atoms with Crippen LogP contribution in [-0.4, -0.2) is 103 Å². The number of para-hydroxylation sites is 1. The van der Waals surface area contributed by atoms with Gasteiger partial charge in [-0.25, -0.2) is 14.8 Å². The molecule has 1 spiro atoms. The molecule has 3 fully saturated rings. The predicted octanol–water partition coefficient (Wildman–Crippen LogP) is 4.92. The zero-order valence-corrected chi connectivity index (χ0v) is 27.5. The molecule has 1 amide bonds. The summed E-state index contributed by atoms with van der Waals surface area (Å²) in [6, 6.07) is 9.87. The van der Waals surface area contributed by atoms with Gasteiger partial charge >= 0.3 is 6.09 Å². The number of phenolic OH excluding ortho intramolecular Hbond substituents is 1. The van der Waals surface area contributed by atoms with Gasteiger partial charge in [0, 0.05) is 85.4 Å². The van der Waals surface area contributed by atoms with E-state index in [1.54, 1.807) is 17.0 Å². The number of rotatable bonds is 4. The van der Waals surface area contributed by atoms with Crippen LogP contribution in [0.5, 0.6) is 5.75 Å². The molecule has 8 rings (SSSR count). The van der Waals surface area contributed by atoms with Crippen LogP contribution in [-0.2, 0) is 6.42 Å². The van der Waals surface area contributed by atoms with Gasteiger partial charge in [-0.05, 0) is 43.4 Å². The van der Waals surface area contributed by atoms with Gasteiger partial charge in [-0.1, -0.05) is 32.9 Å². The van der Waals surface area contributed by atoms with E-state index in [0.717, 1.165) is 74.4 Å². The second-order valence-electron chi connectivity index (χ2n) is 15.1. The highest BCUT2D eigenvalue weighted by Crippen LogP contribution is 2.53. The average molecular weight is 638 g/mol. The van der Waals surface area contributed by atoms with E-state index in [-0.39, 0.29) is 28.7 Å². The third kappa shape index (κ3) is 4.87. The number of aromatic hydroxyl groups is 1. The SMILES string of the molecule is C[C@@H]1c2c([nH]c3nnc(-c4ccccc4O)cc23)CCN1c1ncc(N2CCC(N3CC4(C3)CN(C(=O)O)[C@@H]4C(C)(C)C)CC2)cn1. The number of H-pyrrole nitrogens is 1. The molecular weight excluding hydrogens is 594 g/mol. The lowest BCUT2D eigenvalue weighted by Crippen LogP contribution is -2.81. The molecule has 1 aromatic carbocycles. The molecule has 3 N–H and O–H groups in total. The van der Waals surface area contributed by atoms with Gasteiger partial charge in [0.2, 0.25) is 5.95 Å². The number of fused-ring (bicyclic) bond motifs is 3. The fourth-order valence-electron chi connectivity index (χ4n) is 9.12. The minimum absolute atomic E-state index is 0.0338. The molecule has 2 atom stereocenters. The van der Waals surface area contributed by atoms with E-state index >= 15 is 0 Å². The van der Waals surface area contributed by atoms with Crippen molar-refractivity contribution < 1.29 is 15.0 Å². The maximum Gasteiger partial charge on any atom is 0.407 e. The Balaban J connectivity index is 0.917. The van der Waals surface area contributed by atoms with Crippen LogP contribution in [0.3, 0.4) is 0 Å². The number of carboxylic acid groups (broad SMARTS) is 1. The highest BCUT2D eigenvalue weighted by atomic mass is 16.4. The molecular formula is C35H43N9O3. The van der Waals surface area contributed by atoms with E-state index in [9.17, 15) is 15.0 Å². The van der Waals surface area contributed by atoms with Crippen LogP contribution in [0.1, 0.15) is 57.8 Å². The quantitative estimate of drug-likeness (QED) is 0.283. The summed E-state index contributed by atoms with van der Waals surface area (Å²) in [6.45, 7) is 14.0. The van der Waals surface area contributed by atoms with Gasteiger partial charge in [-0.15, -0.1) is 10.2 Å². The standard InChI is InChI=1S/C35H43N9O3/c1-21-29-25-15-27(24-7-5-6-8-28(24)45)39-40-30(25)38-26(29)11-14-43(21)32-36-16-23(17-37-32)41-12-9-22(10-13-41)42-18-35(19-42)20-44(33(46)47)31(35)34(2,3)4/h5-8,15-17,21-22,31,45H,9-14,18-20H2,1-4H3,(H,38,40)(H,46,47)/t21-,31-/m1/s1. The molecule has 7 heterocycles. The van der Waals surface area contributed by atoms with Gasteiger partial charge in [0.05, 0.1) is 29.8 Å². The molecule has 0 radical (unpaired) electrons. The van der Waals surface area contributed by atoms with E-state index in [0.29, 0.717) is 29.8 Å². The summed E-state index contributed by atoms with van der Waals surface area (Å²) >= 11 is 0. The number of likely N-dealkylation sites (tertiary alicyclic amines) is 2. The van der Waals surface area contributed by atoms with Crippen LogP contribution in [0.2, 0.25) is 0 Å². The second kappa shape index (κ2) is 10.8. The number of benzene rings is 1. The second-order valence-corrected chi connectivity index (χ2v) is 15.1. The van der Waals surface area contributed by atoms with Crippen LogP contribution < -0.4 is 9.80 Å². The van der Waals surface area contributed by atoms with E-state index < -0.39 is 6.09 Å². The Bertz CT molecular complexity index is 1820. The summed E-state index contributed by atoms with van der Waals surface area (Å²) < 4.78 is 0. The maximum absolute atomic E-state index is 11.8. The zero-order valence-electron chi connectivity index (χ0n) is 27.5. The summed E-state index contributed by atoms with van der Waals surface area (Å²) in [7, 11) is 0. The van der Waals surface area contributed by atoms with Gasteiger partial charge in [0.25, 0.3) is 0 Å². The van der Waals surface area contributed by atoms with Crippen molar-refractivity contribution in [3.63, 3.8) is 0 Å². The van der Waals surface area contributed by atoms with Crippen molar-refractivity contribution in [3.05, 3.63) is 54.0 Å². The molecule has 246 valence electrons. The van der Waals surface area contributed by atoms with Crippen molar-refractivity contribution in [2.45, 2.75) is 65.1 Å². The first-order chi connectivity index (χ1) is 22.5. The summed E-state index contributed by atoms with van der Waals surface area (Å²) in [5.74, 6) is 0.901. The number of nitrogens with zero attached hydrogens (tertiary/aromatic N) is 8. The van der Waals surface area contributed by atoms with E-state index in [4.69, 9.17) is 9.97 Å². The summed E-state index contributed by atoms with van der Waals surface area (Å²) in [6.07, 6.45) is 6.12. The number of carbonyl (C=O) groups is 1.